The van der Waals surface area contributed by atoms with Gasteiger partial charge in [-0.1, -0.05) is 6.07 Å². The molecule has 8 nitrogen and oxygen atoms in total. The number of halogens is 6. The van der Waals surface area contributed by atoms with Crippen LogP contribution in [0.2, 0.25) is 0 Å². The molecule has 34 heavy (non-hydrogen) atoms. The van der Waals surface area contributed by atoms with Gasteiger partial charge in [-0.15, -0.1) is 0 Å². The van der Waals surface area contributed by atoms with Crippen molar-refractivity contribution < 1.29 is 50.3 Å². The number of nitro groups is 1. The minimum atomic E-state index is -5.18. The molecule has 14 heteroatoms. The van der Waals surface area contributed by atoms with Crippen LogP contribution in [0, 0.1) is 10.1 Å². The van der Waals surface area contributed by atoms with Crippen molar-refractivity contribution in [3.05, 3.63) is 68.8 Å². The second-order valence-electron chi connectivity index (χ2n) is 6.81. The van der Waals surface area contributed by atoms with E-state index < -0.39 is 64.0 Å². The number of alkyl halides is 6. The zero-order valence-electron chi connectivity index (χ0n) is 17.4. The smallest absolute Gasteiger partial charge is 0.416 e. The first-order valence-corrected chi connectivity index (χ1v) is 9.16. The van der Waals surface area contributed by atoms with Crippen molar-refractivity contribution in [2.24, 2.45) is 0 Å². The predicted molar refractivity (Wildman–Crippen MR) is 103 cm³/mol. The van der Waals surface area contributed by atoms with Crippen LogP contribution in [-0.4, -0.2) is 37.1 Å². The van der Waals surface area contributed by atoms with Crippen LogP contribution < -0.4 is 10.1 Å². The monoisotopic (exact) mass is 494 g/mol. The molecule has 1 amide bonds. The Morgan fingerprint density at radius 1 is 1.00 bits per heavy atom. The molecule has 0 aromatic heterocycles. The zero-order chi connectivity index (χ0) is 25.8. The molecule has 2 aromatic carbocycles. The highest BCUT2D eigenvalue weighted by Crippen LogP contribution is 2.36. The molecule has 0 saturated carbocycles. The number of carbonyl (C=O) groups is 2. The van der Waals surface area contributed by atoms with Gasteiger partial charge in [0.25, 0.3) is 5.91 Å². The number of nitrogens with zero attached hydrogens (tertiary/aromatic N) is 1. The lowest BCUT2D eigenvalue weighted by molar-refractivity contribution is -0.385. The molecular formula is C20H16F6N2O6. The molecule has 2 aromatic rings. The van der Waals surface area contributed by atoms with E-state index in [0.29, 0.717) is 0 Å². The van der Waals surface area contributed by atoms with Crippen molar-refractivity contribution in [1.82, 2.24) is 5.32 Å². The molecule has 0 aliphatic heterocycles. The second kappa shape index (κ2) is 9.97. The number of esters is 1. The number of hydrogen-bond donors (Lipinski definition) is 1. The molecule has 0 fully saturated rings. The quantitative estimate of drug-likeness (QED) is 0.268. The molecule has 0 heterocycles. The molecule has 184 valence electrons. The van der Waals surface area contributed by atoms with Crippen LogP contribution >= 0.6 is 0 Å². The Hall–Kier alpha value is -3.84. The van der Waals surface area contributed by atoms with E-state index in [1.165, 1.54) is 19.2 Å². The van der Waals surface area contributed by atoms with Crippen LogP contribution in [0.1, 0.15) is 27.0 Å². The lowest BCUT2D eigenvalue weighted by Gasteiger charge is -2.18. The number of benzene rings is 2. The largest absolute Gasteiger partial charge is 0.490 e. The average Bonchev–Trinajstić information content (AvgIpc) is 2.76. The molecule has 0 spiro atoms. The maximum atomic E-state index is 13.1. The molecule has 0 aliphatic rings. The topological polar surface area (TPSA) is 108 Å². The van der Waals surface area contributed by atoms with E-state index in [0.717, 1.165) is 13.2 Å². The van der Waals surface area contributed by atoms with Gasteiger partial charge in [-0.05, 0) is 29.8 Å². The highest BCUT2D eigenvalue weighted by Gasteiger charge is 2.38. The number of hydrogen-bond acceptors (Lipinski definition) is 6. The Balaban J connectivity index is 2.41. The maximum Gasteiger partial charge on any atom is 0.416 e. The summed E-state index contributed by atoms with van der Waals surface area (Å²) in [5.41, 5.74) is -4.77. The van der Waals surface area contributed by atoms with Crippen molar-refractivity contribution in [2.45, 2.75) is 24.8 Å². The van der Waals surface area contributed by atoms with Crippen LogP contribution in [0.3, 0.4) is 0 Å². The van der Waals surface area contributed by atoms with Gasteiger partial charge >= 0.3 is 24.0 Å². The summed E-state index contributed by atoms with van der Waals surface area (Å²) in [5, 5.41) is 13.2. The Morgan fingerprint density at radius 2 is 1.56 bits per heavy atom. The third-order valence-electron chi connectivity index (χ3n) is 4.52. The number of rotatable bonds is 7. The van der Waals surface area contributed by atoms with Gasteiger partial charge in [0.1, 0.15) is 6.04 Å². The molecule has 0 aliphatic carbocycles. The Morgan fingerprint density at radius 3 is 2.00 bits per heavy atom. The highest BCUT2D eigenvalue weighted by atomic mass is 19.4. The van der Waals surface area contributed by atoms with Crippen molar-refractivity contribution in [3.8, 4) is 5.75 Å². The Kier molecular flexibility index (Phi) is 7.74. The van der Waals surface area contributed by atoms with Gasteiger partial charge in [-0.2, -0.15) is 26.3 Å². The van der Waals surface area contributed by atoms with E-state index in [2.05, 4.69) is 4.74 Å². The van der Waals surface area contributed by atoms with Gasteiger partial charge in [0, 0.05) is 18.1 Å². The Bertz CT molecular complexity index is 1070. The summed E-state index contributed by atoms with van der Waals surface area (Å²) in [6.07, 6.45) is -10.8. The minimum Gasteiger partial charge on any atom is -0.490 e. The minimum absolute atomic E-state index is 0.101. The molecule has 1 N–H and O–H groups in total. The van der Waals surface area contributed by atoms with Crippen LogP contribution in [0.15, 0.2) is 36.4 Å². The SMILES string of the molecule is COC(=O)[C@H](Cc1ccc(OC)c([N+](=O)[O-])c1)NC(=O)c1cc(C(F)(F)F)cc(C(F)(F)F)c1. The lowest BCUT2D eigenvalue weighted by Crippen LogP contribution is -2.43. The maximum absolute atomic E-state index is 13.1. The van der Waals surface area contributed by atoms with Crippen molar-refractivity contribution >= 4 is 17.6 Å². The summed E-state index contributed by atoms with van der Waals surface area (Å²) in [6, 6.07) is 2.24. The zero-order valence-corrected chi connectivity index (χ0v) is 17.4. The number of nitrogens with one attached hydrogen (secondary N) is 1. The third-order valence-corrected chi connectivity index (χ3v) is 4.52. The summed E-state index contributed by atoms with van der Waals surface area (Å²) in [6.45, 7) is 0. The van der Waals surface area contributed by atoms with E-state index in [1.807, 2.05) is 5.32 Å². The summed E-state index contributed by atoms with van der Waals surface area (Å²) < 4.78 is 87.7. The molecule has 2 rings (SSSR count). The first kappa shape index (κ1) is 26.4. The van der Waals surface area contributed by atoms with E-state index in [9.17, 15) is 46.0 Å². The first-order chi connectivity index (χ1) is 15.7. The number of nitro benzene ring substituents is 1. The van der Waals surface area contributed by atoms with Crippen molar-refractivity contribution in [3.63, 3.8) is 0 Å². The van der Waals surface area contributed by atoms with Crippen LogP contribution in [0.4, 0.5) is 32.0 Å². The van der Waals surface area contributed by atoms with E-state index in [-0.39, 0.29) is 29.5 Å². The Labute approximate surface area is 187 Å². The average molecular weight is 494 g/mol. The van der Waals surface area contributed by atoms with Gasteiger partial charge < -0.3 is 14.8 Å². The third kappa shape index (κ3) is 6.36. The van der Waals surface area contributed by atoms with Gasteiger partial charge in [-0.25, -0.2) is 4.79 Å². The van der Waals surface area contributed by atoms with Gasteiger partial charge in [0.05, 0.1) is 30.3 Å². The van der Waals surface area contributed by atoms with Crippen LogP contribution in [0.25, 0.3) is 0 Å². The van der Waals surface area contributed by atoms with E-state index in [1.54, 1.807) is 0 Å². The second-order valence-corrected chi connectivity index (χ2v) is 6.81. The fourth-order valence-corrected chi connectivity index (χ4v) is 2.90. The predicted octanol–water partition coefficient (Wildman–Crippen LogP) is 4.16. The molecule has 0 saturated heterocycles. The standard InChI is InChI=1S/C20H16F6N2O6/c1-33-16-4-3-10(6-15(16)28(31)32)5-14(18(30)34-2)27-17(29)11-7-12(19(21,22)23)9-13(8-11)20(24,25)26/h3-4,6-9,14H,5H2,1-2H3,(H,27,29)/t14-/m0/s1. The van der Waals surface area contributed by atoms with E-state index in [4.69, 9.17) is 4.74 Å². The molecular weight excluding hydrogens is 478 g/mol. The van der Waals surface area contributed by atoms with Crippen molar-refractivity contribution in [2.75, 3.05) is 14.2 Å². The molecule has 0 bridgehead atoms. The number of amides is 1. The normalized spacial score (nSPS) is 12.6. The van der Waals surface area contributed by atoms with Crippen molar-refractivity contribution in [1.29, 1.82) is 0 Å². The molecule has 0 unspecified atom stereocenters. The van der Waals surface area contributed by atoms with Crippen LogP contribution in [-0.2, 0) is 28.3 Å². The van der Waals surface area contributed by atoms with Gasteiger partial charge in [0.15, 0.2) is 5.75 Å². The number of ether oxygens (including phenoxy) is 2. The number of carbonyl (C=O) groups excluding carboxylic acids is 2. The van der Waals surface area contributed by atoms with Gasteiger partial charge in [-0.3, -0.25) is 14.9 Å². The fraction of sp³-hybridized carbons (Fsp3) is 0.300. The summed E-state index contributed by atoms with van der Waals surface area (Å²) >= 11 is 0. The first-order valence-electron chi connectivity index (χ1n) is 9.16. The van der Waals surface area contributed by atoms with Gasteiger partial charge in [0.2, 0.25) is 0 Å². The summed E-state index contributed by atoms with van der Waals surface area (Å²) in [4.78, 5) is 35.0. The lowest BCUT2D eigenvalue weighted by atomic mass is 10.0. The van der Waals surface area contributed by atoms with Crippen LogP contribution in [0.5, 0.6) is 5.75 Å². The summed E-state index contributed by atoms with van der Waals surface area (Å²) in [5.74, 6) is -2.61. The van der Waals surface area contributed by atoms with E-state index >= 15 is 0 Å². The fourth-order valence-electron chi connectivity index (χ4n) is 2.90. The molecule has 0 radical (unpaired) electrons. The summed E-state index contributed by atoms with van der Waals surface area (Å²) in [7, 11) is 2.12. The highest BCUT2D eigenvalue weighted by molar-refractivity contribution is 5.97. The molecule has 1 atom stereocenters. The number of methoxy groups -OCH3 is 2.